The number of hydrogen-bond donors (Lipinski definition) is 0. The molecule has 1 unspecified atom stereocenters. The molecule has 19 heavy (non-hydrogen) atoms. The van der Waals surface area contributed by atoms with Gasteiger partial charge < -0.3 is 4.74 Å². The molecule has 0 aliphatic heterocycles. The Labute approximate surface area is 119 Å². The summed E-state index contributed by atoms with van der Waals surface area (Å²) in [5.41, 5.74) is 0.374. The van der Waals surface area contributed by atoms with Gasteiger partial charge in [-0.3, -0.25) is 9.69 Å². The number of hydrogen-bond acceptors (Lipinski definition) is 5. The minimum absolute atomic E-state index is 0.177. The molecule has 0 spiro atoms. The highest BCUT2D eigenvalue weighted by Crippen LogP contribution is 2.16. The third-order valence-corrected chi connectivity index (χ3v) is 2.69. The predicted octanol–water partition coefficient (Wildman–Crippen LogP) is 2.58. The molecule has 4 nitrogen and oxygen atoms in total. The molecule has 1 rings (SSSR count). The van der Waals surface area contributed by atoms with Gasteiger partial charge in [-0.15, -0.1) is 0 Å². The van der Waals surface area contributed by atoms with Gasteiger partial charge in [-0.05, 0) is 52.5 Å². The van der Waals surface area contributed by atoms with Crippen molar-refractivity contribution in [2.45, 2.75) is 38.8 Å². The Morgan fingerprint density at radius 2 is 2.32 bits per heavy atom. The first-order valence-corrected chi connectivity index (χ1v) is 6.61. The van der Waals surface area contributed by atoms with Crippen molar-refractivity contribution in [1.82, 2.24) is 4.90 Å². The molecule has 0 bridgehead atoms. The number of thiocarbonyl (C=S) groups is 1. The van der Waals surface area contributed by atoms with E-state index in [1.807, 2.05) is 50.9 Å². The molecule has 5 heteroatoms. The third kappa shape index (κ3) is 5.92. The molecule has 0 N–H and O–H groups in total. The van der Waals surface area contributed by atoms with Crippen molar-refractivity contribution in [3.63, 3.8) is 0 Å². The number of rotatable bonds is 4. The number of nitrogens with zero attached hydrogens (tertiary/aromatic N) is 2. The van der Waals surface area contributed by atoms with E-state index in [4.69, 9.17) is 4.74 Å². The van der Waals surface area contributed by atoms with E-state index in [0.29, 0.717) is 0 Å². The van der Waals surface area contributed by atoms with Crippen LogP contribution in [0.3, 0.4) is 0 Å². The van der Waals surface area contributed by atoms with E-state index in [0.717, 1.165) is 12.1 Å². The first kappa shape index (κ1) is 15.8. The maximum absolute atomic E-state index is 11.7. The summed E-state index contributed by atoms with van der Waals surface area (Å²) >= 11 is 4.56. The van der Waals surface area contributed by atoms with E-state index < -0.39 is 5.60 Å². The van der Waals surface area contributed by atoms with Crippen LogP contribution >= 0.6 is 12.2 Å². The molecule has 0 saturated heterocycles. The molecule has 0 saturated carbocycles. The number of likely N-dealkylation sites (N-methyl/N-ethyl adjacent to an activating group) is 1. The Morgan fingerprint density at radius 1 is 1.63 bits per heavy atom. The molecule has 1 aliphatic carbocycles. The molecule has 0 aromatic rings. The van der Waals surface area contributed by atoms with Gasteiger partial charge in [0.25, 0.3) is 0 Å². The van der Waals surface area contributed by atoms with Gasteiger partial charge in [-0.1, -0.05) is 12.2 Å². The van der Waals surface area contributed by atoms with Gasteiger partial charge in [0.05, 0.1) is 17.4 Å². The summed E-state index contributed by atoms with van der Waals surface area (Å²) < 4.78 is 5.30. The average Bonchev–Trinajstić information content (AvgIpc) is 2.27. The quantitative estimate of drug-likeness (QED) is 0.451. The fraction of sp³-hybridized carbons (Fsp3) is 0.571. The second kappa shape index (κ2) is 6.75. The van der Waals surface area contributed by atoms with Crippen LogP contribution in [0.15, 0.2) is 28.9 Å². The Bertz CT molecular complexity index is 443. The molecule has 104 valence electrons. The third-order valence-electron chi connectivity index (χ3n) is 2.60. The number of ether oxygens (including phenoxy) is 1. The van der Waals surface area contributed by atoms with Gasteiger partial charge in [0.1, 0.15) is 5.60 Å². The van der Waals surface area contributed by atoms with Crippen molar-refractivity contribution in [2.75, 3.05) is 13.6 Å². The fourth-order valence-electron chi connectivity index (χ4n) is 1.75. The molecule has 0 aromatic heterocycles. The van der Waals surface area contributed by atoms with Crippen molar-refractivity contribution in [3.8, 4) is 0 Å². The fourth-order valence-corrected chi connectivity index (χ4v) is 1.86. The van der Waals surface area contributed by atoms with Crippen LogP contribution in [0.1, 0.15) is 27.2 Å². The molecule has 0 aromatic carbocycles. The van der Waals surface area contributed by atoms with Crippen molar-refractivity contribution in [2.24, 2.45) is 4.99 Å². The summed E-state index contributed by atoms with van der Waals surface area (Å²) in [6, 6.07) is 0.177. The monoisotopic (exact) mass is 280 g/mol. The lowest BCUT2D eigenvalue weighted by atomic mass is 10.1. The molecule has 1 aliphatic rings. The lowest BCUT2D eigenvalue weighted by molar-refractivity contribution is -0.156. The van der Waals surface area contributed by atoms with Gasteiger partial charge >= 0.3 is 5.97 Å². The molecular formula is C14H20N2O2S. The smallest absolute Gasteiger partial charge is 0.320 e. The Balaban J connectivity index is 2.49. The topological polar surface area (TPSA) is 41.9 Å². The highest BCUT2D eigenvalue weighted by molar-refractivity contribution is 7.78. The Hall–Kier alpha value is -1.29. The van der Waals surface area contributed by atoms with E-state index in [9.17, 15) is 4.79 Å². The number of aliphatic imine (C=N–C) groups is 1. The zero-order valence-corrected chi connectivity index (χ0v) is 12.7. The number of carbonyl (C=O) groups is 1. The minimum atomic E-state index is -0.443. The van der Waals surface area contributed by atoms with Gasteiger partial charge in [0.15, 0.2) is 0 Å². The van der Waals surface area contributed by atoms with Crippen LogP contribution in [0, 0.1) is 0 Å². The van der Waals surface area contributed by atoms with Crippen molar-refractivity contribution in [1.29, 1.82) is 0 Å². The van der Waals surface area contributed by atoms with Crippen LogP contribution in [-0.4, -0.2) is 41.3 Å². The largest absolute Gasteiger partial charge is 0.459 e. The summed E-state index contributed by atoms with van der Waals surface area (Å²) in [4.78, 5) is 17.6. The highest BCUT2D eigenvalue weighted by Gasteiger charge is 2.21. The van der Waals surface area contributed by atoms with E-state index in [2.05, 4.69) is 22.4 Å². The summed E-state index contributed by atoms with van der Waals surface area (Å²) in [6.45, 7) is 5.86. The van der Waals surface area contributed by atoms with E-state index in [-0.39, 0.29) is 18.6 Å². The van der Waals surface area contributed by atoms with Crippen LogP contribution in [0.5, 0.6) is 0 Å². The zero-order chi connectivity index (χ0) is 14.5. The van der Waals surface area contributed by atoms with Crippen LogP contribution in [0.25, 0.3) is 0 Å². The molecular weight excluding hydrogens is 260 g/mol. The average molecular weight is 280 g/mol. The lowest BCUT2D eigenvalue weighted by Crippen LogP contribution is -2.38. The second-order valence-corrected chi connectivity index (χ2v) is 5.68. The predicted molar refractivity (Wildman–Crippen MR) is 79.1 cm³/mol. The SMILES string of the molecule is CN(CC(=O)OC(C)(C)C)C1C=CC(N=C=S)=CC1. The highest BCUT2D eigenvalue weighted by atomic mass is 32.1. The molecule has 0 fully saturated rings. The number of esters is 1. The number of carbonyl (C=O) groups excluding carboxylic acids is 1. The summed E-state index contributed by atoms with van der Waals surface area (Å²) in [6.07, 6.45) is 6.68. The Morgan fingerprint density at radius 3 is 2.79 bits per heavy atom. The molecule has 0 radical (unpaired) electrons. The Kier molecular flexibility index (Phi) is 5.60. The van der Waals surface area contributed by atoms with Crippen molar-refractivity contribution >= 4 is 23.3 Å². The number of isothiocyanates is 1. The first-order chi connectivity index (χ1) is 8.81. The van der Waals surface area contributed by atoms with Crippen LogP contribution in [0.2, 0.25) is 0 Å². The molecule has 1 atom stereocenters. The van der Waals surface area contributed by atoms with Gasteiger partial charge in [0, 0.05) is 6.04 Å². The van der Waals surface area contributed by atoms with Gasteiger partial charge in [0.2, 0.25) is 0 Å². The van der Waals surface area contributed by atoms with Gasteiger partial charge in [-0.25, -0.2) is 0 Å². The number of allylic oxidation sites excluding steroid dienone is 1. The second-order valence-electron chi connectivity index (χ2n) is 5.50. The van der Waals surface area contributed by atoms with Crippen LogP contribution in [0.4, 0.5) is 0 Å². The normalized spacial score (nSPS) is 18.8. The summed E-state index contributed by atoms with van der Waals surface area (Å²) in [5.74, 6) is -0.213. The van der Waals surface area contributed by atoms with Gasteiger partial charge in [-0.2, -0.15) is 4.99 Å². The maximum atomic E-state index is 11.7. The summed E-state index contributed by atoms with van der Waals surface area (Å²) in [5, 5.41) is 2.34. The van der Waals surface area contributed by atoms with E-state index >= 15 is 0 Å². The van der Waals surface area contributed by atoms with Crippen molar-refractivity contribution < 1.29 is 9.53 Å². The standard InChI is InChI=1S/C14H20N2O2S/c1-14(2,3)18-13(17)9-16(4)12-7-5-11(6-8-12)15-10-19/h5-7,12H,8-9H2,1-4H3. The zero-order valence-electron chi connectivity index (χ0n) is 11.8. The molecule has 0 heterocycles. The van der Waals surface area contributed by atoms with Crippen molar-refractivity contribution in [3.05, 3.63) is 23.9 Å². The summed E-state index contributed by atoms with van der Waals surface area (Å²) in [7, 11) is 1.90. The van der Waals surface area contributed by atoms with E-state index in [1.54, 1.807) is 0 Å². The molecule has 0 amide bonds. The van der Waals surface area contributed by atoms with Crippen LogP contribution in [-0.2, 0) is 9.53 Å². The maximum Gasteiger partial charge on any atom is 0.320 e. The minimum Gasteiger partial charge on any atom is -0.459 e. The van der Waals surface area contributed by atoms with E-state index in [1.165, 1.54) is 0 Å². The first-order valence-electron chi connectivity index (χ1n) is 6.20. The lowest BCUT2D eigenvalue weighted by Gasteiger charge is -2.27. The van der Waals surface area contributed by atoms with Crippen LogP contribution < -0.4 is 0 Å².